The molecule has 0 fully saturated rings. The van der Waals surface area contributed by atoms with Gasteiger partial charge in [0.2, 0.25) is 0 Å². The SMILES string of the molecule is CCCCCCCC(C)(CCCC)CCS(=O)(=O)CC. The predicted octanol–water partition coefficient (Wildman–Crippen LogP) is 5.37. The van der Waals surface area contributed by atoms with Gasteiger partial charge >= 0.3 is 0 Å². The molecule has 1 atom stereocenters. The molecule has 20 heavy (non-hydrogen) atoms. The largest absolute Gasteiger partial charge is 0.229 e. The Kier molecular flexibility index (Phi) is 10.6. The smallest absolute Gasteiger partial charge is 0.150 e. The molecule has 0 saturated heterocycles. The van der Waals surface area contributed by atoms with Crippen molar-refractivity contribution < 1.29 is 8.42 Å². The highest BCUT2D eigenvalue weighted by molar-refractivity contribution is 7.91. The molecule has 0 radical (unpaired) electrons. The molecule has 0 rings (SSSR count). The second kappa shape index (κ2) is 10.6. The number of rotatable bonds is 13. The Morgan fingerprint density at radius 3 is 1.85 bits per heavy atom. The fourth-order valence-electron chi connectivity index (χ4n) is 2.68. The van der Waals surface area contributed by atoms with Crippen LogP contribution >= 0.6 is 0 Å². The first-order chi connectivity index (χ1) is 9.39. The molecule has 0 aromatic heterocycles. The standard InChI is InChI=1S/C17H36O2S/c1-5-8-10-11-12-14-17(4,13-9-6-2)15-16-20(18,19)7-3/h5-16H2,1-4H3. The minimum absolute atomic E-state index is 0.227. The molecule has 3 heteroatoms. The molecule has 0 aromatic rings. The van der Waals surface area contributed by atoms with Crippen molar-refractivity contribution in [2.24, 2.45) is 5.41 Å². The Hall–Kier alpha value is -0.0500. The van der Waals surface area contributed by atoms with E-state index in [4.69, 9.17) is 0 Å². The molecule has 2 nitrogen and oxygen atoms in total. The molecule has 0 aliphatic heterocycles. The van der Waals surface area contributed by atoms with Gasteiger partial charge in [0.25, 0.3) is 0 Å². The minimum atomic E-state index is -2.82. The van der Waals surface area contributed by atoms with Crippen LogP contribution in [0.5, 0.6) is 0 Å². The van der Waals surface area contributed by atoms with Gasteiger partial charge in [-0.15, -0.1) is 0 Å². The molecule has 0 heterocycles. The maximum atomic E-state index is 11.7. The first kappa shape index (κ1) is 19.9. The summed E-state index contributed by atoms with van der Waals surface area (Å²) in [5, 5.41) is 0. The van der Waals surface area contributed by atoms with Gasteiger partial charge in [-0.3, -0.25) is 0 Å². The molecular formula is C17H36O2S. The summed E-state index contributed by atoms with van der Waals surface area (Å²) in [5.74, 6) is 0.659. The van der Waals surface area contributed by atoms with Crippen molar-refractivity contribution in [3.63, 3.8) is 0 Å². The first-order valence-corrected chi connectivity index (χ1v) is 10.4. The van der Waals surface area contributed by atoms with Crippen molar-refractivity contribution in [2.45, 2.75) is 91.9 Å². The van der Waals surface area contributed by atoms with Crippen molar-refractivity contribution in [3.05, 3.63) is 0 Å². The summed E-state index contributed by atoms with van der Waals surface area (Å²) in [5.41, 5.74) is 0.227. The summed E-state index contributed by atoms with van der Waals surface area (Å²) in [6, 6.07) is 0. The van der Waals surface area contributed by atoms with Crippen LogP contribution in [0.15, 0.2) is 0 Å². The van der Waals surface area contributed by atoms with Crippen molar-refractivity contribution in [1.29, 1.82) is 0 Å². The number of sulfone groups is 1. The van der Waals surface area contributed by atoms with E-state index in [2.05, 4.69) is 20.8 Å². The number of hydrogen-bond acceptors (Lipinski definition) is 2. The van der Waals surface area contributed by atoms with Crippen LogP contribution in [-0.4, -0.2) is 19.9 Å². The Bertz CT molecular complexity index is 322. The highest BCUT2D eigenvalue weighted by Crippen LogP contribution is 2.35. The lowest BCUT2D eigenvalue weighted by Gasteiger charge is -2.30. The lowest BCUT2D eigenvalue weighted by atomic mass is 9.78. The molecule has 0 amide bonds. The molecule has 0 aromatic carbocycles. The van der Waals surface area contributed by atoms with Crippen molar-refractivity contribution >= 4 is 9.84 Å². The summed E-state index contributed by atoms with van der Waals surface area (Å²) >= 11 is 0. The van der Waals surface area contributed by atoms with E-state index in [-0.39, 0.29) is 11.2 Å². The number of hydrogen-bond donors (Lipinski definition) is 0. The molecule has 0 spiro atoms. The number of unbranched alkanes of at least 4 members (excludes halogenated alkanes) is 5. The second-order valence-corrected chi connectivity index (χ2v) is 9.04. The summed E-state index contributed by atoms with van der Waals surface area (Å²) < 4.78 is 23.5. The minimum Gasteiger partial charge on any atom is -0.229 e. The average molecular weight is 305 g/mol. The zero-order valence-corrected chi connectivity index (χ0v) is 15.0. The summed E-state index contributed by atoms with van der Waals surface area (Å²) in [7, 11) is -2.82. The van der Waals surface area contributed by atoms with Gasteiger partial charge in [-0.25, -0.2) is 8.42 Å². The molecular weight excluding hydrogens is 268 g/mol. The van der Waals surface area contributed by atoms with Gasteiger partial charge < -0.3 is 0 Å². The summed E-state index contributed by atoms with van der Waals surface area (Å²) in [4.78, 5) is 0. The zero-order valence-electron chi connectivity index (χ0n) is 14.2. The van der Waals surface area contributed by atoms with Crippen molar-refractivity contribution in [3.8, 4) is 0 Å². The quantitative estimate of drug-likeness (QED) is 0.429. The van der Waals surface area contributed by atoms with Gasteiger partial charge in [0.05, 0.1) is 5.75 Å². The van der Waals surface area contributed by atoms with Gasteiger partial charge in [-0.1, -0.05) is 72.6 Å². The third-order valence-electron chi connectivity index (χ3n) is 4.47. The van der Waals surface area contributed by atoms with Crippen LogP contribution in [0.4, 0.5) is 0 Å². The molecule has 0 saturated carbocycles. The highest BCUT2D eigenvalue weighted by Gasteiger charge is 2.25. The fourth-order valence-corrected chi connectivity index (χ4v) is 3.77. The average Bonchev–Trinajstić information content (AvgIpc) is 2.43. The van der Waals surface area contributed by atoms with E-state index >= 15 is 0 Å². The van der Waals surface area contributed by atoms with E-state index < -0.39 is 9.84 Å². The topological polar surface area (TPSA) is 34.1 Å². The maximum absolute atomic E-state index is 11.7. The van der Waals surface area contributed by atoms with Crippen molar-refractivity contribution in [2.75, 3.05) is 11.5 Å². The first-order valence-electron chi connectivity index (χ1n) is 8.59. The van der Waals surface area contributed by atoms with E-state index in [1.807, 2.05) is 0 Å². The van der Waals surface area contributed by atoms with E-state index in [1.165, 1.54) is 57.8 Å². The third-order valence-corrected chi connectivity index (χ3v) is 6.18. The van der Waals surface area contributed by atoms with Gasteiger partial charge in [0.1, 0.15) is 9.84 Å². The molecule has 122 valence electrons. The molecule has 0 N–H and O–H groups in total. The summed E-state index contributed by atoms with van der Waals surface area (Å²) in [6.07, 6.45) is 12.1. The Morgan fingerprint density at radius 1 is 0.750 bits per heavy atom. The van der Waals surface area contributed by atoms with Crippen LogP contribution in [0.3, 0.4) is 0 Å². The molecule has 0 aliphatic carbocycles. The van der Waals surface area contributed by atoms with Crippen LogP contribution in [0.1, 0.15) is 91.9 Å². The van der Waals surface area contributed by atoms with Gasteiger partial charge in [-0.05, 0) is 24.7 Å². The molecule has 1 unspecified atom stereocenters. The van der Waals surface area contributed by atoms with Gasteiger partial charge in [-0.2, -0.15) is 0 Å². The van der Waals surface area contributed by atoms with Gasteiger partial charge in [0, 0.05) is 5.75 Å². The summed E-state index contributed by atoms with van der Waals surface area (Å²) in [6.45, 7) is 8.50. The molecule has 0 bridgehead atoms. The second-order valence-electron chi connectivity index (χ2n) is 6.56. The van der Waals surface area contributed by atoms with Crippen molar-refractivity contribution in [1.82, 2.24) is 0 Å². The van der Waals surface area contributed by atoms with Crippen LogP contribution in [-0.2, 0) is 9.84 Å². The zero-order chi connectivity index (χ0) is 15.5. The monoisotopic (exact) mass is 304 g/mol. The van der Waals surface area contributed by atoms with E-state index in [0.717, 1.165) is 6.42 Å². The Balaban J connectivity index is 4.27. The van der Waals surface area contributed by atoms with Crippen LogP contribution in [0.25, 0.3) is 0 Å². The molecule has 0 aliphatic rings. The van der Waals surface area contributed by atoms with E-state index in [0.29, 0.717) is 5.75 Å². The Labute approximate surface area is 127 Å². The van der Waals surface area contributed by atoms with Crippen LogP contribution in [0, 0.1) is 5.41 Å². The highest BCUT2D eigenvalue weighted by atomic mass is 32.2. The predicted molar refractivity (Wildman–Crippen MR) is 90.0 cm³/mol. The fraction of sp³-hybridized carbons (Fsp3) is 1.00. The third kappa shape index (κ3) is 9.79. The lowest BCUT2D eigenvalue weighted by molar-refractivity contribution is 0.244. The Morgan fingerprint density at radius 2 is 1.30 bits per heavy atom. The van der Waals surface area contributed by atoms with E-state index in [9.17, 15) is 8.42 Å². The lowest BCUT2D eigenvalue weighted by Crippen LogP contribution is -2.22. The van der Waals surface area contributed by atoms with Gasteiger partial charge in [0.15, 0.2) is 0 Å². The van der Waals surface area contributed by atoms with Crippen LogP contribution in [0.2, 0.25) is 0 Å². The van der Waals surface area contributed by atoms with E-state index in [1.54, 1.807) is 6.92 Å². The maximum Gasteiger partial charge on any atom is 0.150 e. The normalized spacial score (nSPS) is 15.2. The van der Waals surface area contributed by atoms with Crippen LogP contribution < -0.4 is 0 Å².